The number of ether oxygens (including phenoxy) is 1. The average Bonchev–Trinajstić information content (AvgIpc) is 2.70. The predicted octanol–water partition coefficient (Wildman–Crippen LogP) is 3.11. The van der Waals surface area contributed by atoms with Gasteiger partial charge in [0.2, 0.25) is 0 Å². The third-order valence-corrected chi connectivity index (χ3v) is 6.14. The quantitative estimate of drug-likeness (QED) is 0.734. The highest BCUT2D eigenvalue weighted by Gasteiger charge is 2.41. The van der Waals surface area contributed by atoms with Crippen molar-refractivity contribution in [3.63, 3.8) is 0 Å². The van der Waals surface area contributed by atoms with Gasteiger partial charge in [-0.25, -0.2) is 0 Å². The molecule has 1 aliphatic carbocycles. The van der Waals surface area contributed by atoms with E-state index in [-0.39, 0.29) is 5.91 Å². The molecule has 1 saturated heterocycles. The lowest BCUT2D eigenvalue weighted by Crippen LogP contribution is -2.58. The fourth-order valence-corrected chi connectivity index (χ4v) is 4.41. The summed E-state index contributed by atoms with van der Waals surface area (Å²) < 4.78 is 5.17. The highest BCUT2D eigenvalue weighted by Crippen LogP contribution is 2.28. The van der Waals surface area contributed by atoms with E-state index in [1.54, 1.807) is 7.11 Å². The van der Waals surface area contributed by atoms with Gasteiger partial charge in [-0.15, -0.1) is 0 Å². The van der Waals surface area contributed by atoms with Gasteiger partial charge in [0.25, 0.3) is 5.91 Å². The van der Waals surface area contributed by atoms with Crippen LogP contribution in [-0.2, 0) is 11.3 Å². The van der Waals surface area contributed by atoms with E-state index in [1.165, 1.54) is 32.1 Å². The number of likely N-dealkylation sites (tertiary alicyclic amines) is 1. The third-order valence-electron chi connectivity index (χ3n) is 6.14. The van der Waals surface area contributed by atoms with Gasteiger partial charge in [-0.3, -0.25) is 4.79 Å². The minimum atomic E-state index is -1.27. The number of carbonyl (C=O) groups excluding carboxylic acids is 1. The Morgan fingerprint density at radius 1 is 1.19 bits per heavy atom. The van der Waals surface area contributed by atoms with Crippen LogP contribution in [-0.4, -0.2) is 48.3 Å². The van der Waals surface area contributed by atoms with E-state index in [9.17, 15) is 9.90 Å². The first-order valence-corrected chi connectivity index (χ1v) is 10.5. The van der Waals surface area contributed by atoms with Crippen molar-refractivity contribution in [3.05, 3.63) is 29.8 Å². The summed E-state index contributed by atoms with van der Waals surface area (Å²) in [6, 6.07) is 7.83. The summed E-state index contributed by atoms with van der Waals surface area (Å²) in [6.45, 7) is 2.51. The van der Waals surface area contributed by atoms with Gasteiger partial charge in [0.15, 0.2) is 5.60 Å². The van der Waals surface area contributed by atoms with Crippen LogP contribution in [0, 0.1) is 5.92 Å². The number of amides is 1. The molecule has 5 heteroatoms. The van der Waals surface area contributed by atoms with Gasteiger partial charge < -0.3 is 20.1 Å². The Hall–Kier alpha value is -1.59. The van der Waals surface area contributed by atoms with Gasteiger partial charge in [0.1, 0.15) is 5.75 Å². The summed E-state index contributed by atoms with van der Waals surface area (Å²) in [5.74, 6) is 1.50. The van der Waals surface area contributed by atoms with E-state index in [4.69, 9.17) is 4.74 Å². The molecule has 27 heavy (non-hydrogen) atoms. The van der Waals surface area contributed by atoms with Gasteiger partial charge in [-0.1, -0.05) is 44.2 Å². The van der Waals surface area contributed by atoms with Crippen LogP contribution in [0.15, 0.2) is 24.3 Å². The molecule has 1 aromatic rings. The third kappa shape index (κ3) is 5.45. The van der Waals surface area contributed by atoms with Crippen molar-refractivity contribution in [3.8, 4) is 5.75 Å². The molecule has 0 unspecified atom stereocenters. The maximum absolute atomic E-state index is 12.9. The molecule has 2 aliphatic rings. The number of hydrogen-bond acceptors (Lipinski definition) is 4. The molecule has 0 bridgehead atoms. The molecule has 1 aliphatic heterocycles. The molecule has 1 amide bonds. The second-order valence-electron chi connectivity index (χ2n) is 8.17. The molecular weight excluding hydrogens is 340 g/mol. The van der Waals surface area contributed by atoms with Crippen LogP contribution in [0.2, 0.25) is 0 Å². The normalized spacial score (nSPS) is 24.2. The Bertz CT molecular complexity index is 598. The van der Waals surface area contributed by atoms with Crippen molar-refractivity contribution in [2.24, 2.45) is 5.92 Å². The Morgan fingerprint density at radius 2 is 1.93 bits per heavy atom. The van der Waals surface area contributed by atoms with Crippen LogP contribution < -0.4 is 10.1 Å². The zero-order valence-electron chi connectivity index (χ0n) is 16.6. The van der Waals surface area contributed by atoms with Crippen LogP contribution in [0.4, 0.5) is 0 Å². The van der Waals surface area contributed by atoms with E-state index in [1.807, 2.05) is 29.2 Å². The Balaban J connectivity index is 1.47. The first-order valence-electron chi connectivity index (χ1n) is 10.5. The Labute approximate surface area is 163 Å². The van der Waals surface area contributed by atoms with Crippen molar-refractivity contribution in [1.29, 1.82) is 0 Å². The summed E-state index contributed by atoms with van der Waals surface area (Å²) in [6.07, 6.45) is 9.12. The molecule has 1 saturated carbocycles. The van der Waals surface area contributed by atoms with Crippen molar-refractivity contribution < 1.29 is 14.6 Å². The van der Waals surface area contributed by atoms with Crippen molar-refractivity contribution in [1.82, 2.24) is 10.2 Å². The predicted molar refractivity (Wildman–Crippen MR) is 107 cm³/mol. The first-order chi connectivity index (χ1) is 13.1. The zero-order valence-corrected chi connectivity index (χ0v) is 16.6. The van der Waals surface area contributed by atoms with Gasteiger partial charge in [-0.2, -0.15) is 0 Å². The summed E-state index contributed by atoms with van der Waals surface area (Å²) >= 11 is 0. The lowest BCUT2D eigenvalue weighted by atomic mass is 9.86. The molecule has 150 valence electrons. The average molecular weight is 375 g/mol. The minimum Gasteiger partial charge on any atom is -0.497 e. The number of aliphatic hydroxyl groups is 1. The minimum absolute atomic E-state index is 0.0909. The molecule has 2 N–H and O–H groups in total. The molecule has 1 heterocycles. The molecule has 3 rings (SSSR count). The summed E-state index contributed by atoms with van der Waals surface area (Å²) in [4.78, 5) is 14.8. The second kappa shape index (κ2) is 9.56. The van der Waals surface area contributed by atoms with Gasteiger partial charge >= 0.3 is 0 Å². The SMILES string of the molecule is COc1ccc(CNC[C@@]2(O)CCCN(CCC3CCCCC3)C2=O)cc1. The molecular formula is C22H34N2O3. The number of piperidine rings is 1. The van der Waals surface area contributed by atoms with E-state index < -0.39 is 5.60 Å². The molecule has 1 aromatic carbocycles. The number of rotatable bonds is 8. The largest absolute Gasteiger partial charge is 0.497 e. The van der Waals surface area contributed by atoms with Crippen molar-refractivity contribution in [2.75, 3.05) is 26.7 Å². The number of carbonyl (C=O) groups is 1. The van der Waals surface area contributed by atoms with Gasteiger partial charge in [0, 0.05) is 26.2 Å². The monoisotopic (exact) mass is 374 g/mol. The fraction of sp³-hybridized carbons (Fsp3) is 0.682. The van der Waals surface area contributed by atoms with E-state index in [0.29, 0.717) is 19.5 Å². The molecule has 0 spiro atoms. The topological polar surface area (TPSA) is 61.8 Å². The molecule has 0 radical (unpaired) electrons. The molecule has 2 fully saturated rings. The van der Waals surface area contributed by atoms with Crippen LogP contribution in [0.1, 0.15) is 56.9 Å². The lowest BCUT2D eigenvalue weighted by molar-refractivity contribution is -0.156. The number of nitrogens with one attached hydrogen (secondary N) is 1. The van der Waals surface area contributed by atoms with Crippen LogP contribution in [0.3, 0.4) is 0 Å². The number of nitrogens with zero attached hydrogens (tertiary/aromatic N) is 1. The molecule has 1 atom stereocenters. The molecule has 5 nitrogen and oxygen atoms in total. The fourth-order valence-electron chi connectivity index (χ4n) is 4.41. The van der Waals surface area contributed by atoms with E-state index >= 15 is 0 Å². The van der Waals surface area contributed by atoms with Crippen LogP contribution >= 0.6 is 0 Å². The maximum Gasteiger partial charge on any atom is 0.255 e. The summed E-state index contributed by atoms with van der Waals surface area (Å²) in [5, 5.41) is 14.2. The van der Waals surface area contributed by atoms with Crippen molar-refractivity contribution >= 4 is 5.91 Å². The second-order valence-corrected chi connectivity index (χ2v) is 8.17. The smallest absolute Gasteiger partial charge is 0.255 e. The van der Waals surface area contributed by atoms with Crippen LogP contribution in [0.5, 0.6) is 5.75 Å². The van der Waals surface area contributed by atoms with E-state index in [0.717, 1.165) is 43.2 Å². The van der Waals surface area contributed by atoms with Gasteiger partial charge in [0.05, 0.1) is 7.11 Å². The van der Waals surface area contributed by atoms with Gasteiger partial charge in [-0.05, 0) is 42.9 Å². The molecule has 0 aromatic heterocycles. The number of hydrogen-bond donors (Lipinski definition) is 2. The summed E-state index contributed by atoms with van der Waals surface area (Å²) in [7, 11) is 1.65. The number of methoxy groups -OCH3 is 1. The number of benzene rings is 1. The first kappa shape index (κ1) is 20.2. The Morgan fingerprint density at radius 3 is 2.63 bits per heavy atom. The highest BCUT2D eigenvalue weighted by atomic mass is 16.5. The zero-order chi connectivity index (χ0) is 19.1. The summed E-state index contributed by atoms with van der Waals surface area (Å²) in [5.41, 5.74) is -0.158. The maximum atomic E-state index is 12.9. The van der Waals surface area contributed by atoms with Crippen molar-refractivity contribution in [2.45, 2.75) is 63.5 Å². The van der Waals surface area contributed by atoms with E-state index in [2.05, 4.69) is 5.32 Å². The standard InChI is InChI=1S/C22H34N2O3/c1-27-20-10-8-19(9-11-20)16-23-17-22(26)13-5-14-24(21(22)25)15-12-18-6-3-2-4-7-18/h8-11,18,23,26H,2-7,12-17H2,1H3/t22-/m0/s1. The lowest BCUT2D eigenvalue weighted by Gasteiger charge is -2.39. The van der Waals surface area contributed by atoms with Crippen LogP contribution in [0.25, 0.3) is 0 Å². The Kier molecular flexibility index (Phi) is 7.13. The highest BCUT2D eigenvalue weighted by molar-refractivity contribution is 5.86.